The zero-order valence-electron chi connectivity index (χ0n) is 13.3. The average molecular weight is 277 g/mol. The zero-order chi connectivity index (χ0) is 13.8. The van der Waals surface area contributed by atoms with Crippen molar-refractivity contribution in [3.8, 4) is 0 Å². The molecule has 114 valence electrons. The molecule has 4 saturated carbocycles. The molecule has 3 unspecified atom stereocenters. The fourth-order valence-corrected chi connectivity index (χ4v) is 7.19. The molecule has 4 bridgehead atoms. The van der Waals surface area contributed by atoms with Crippen LogP contribution in [0, 0.1) is 22.2 Å². The molecule has 0 aromatic rings. The molecule has 1 heterocycles. The third-order valence-corrected chi connectivity index (χ3v) is 6.64. The molecule has 2 heteroatoms. The molecule has 5 fully saturated rings. The number of hydrogen-bond acceptors (Lipinski definition) is 2. The third-order valence-electron chi connectivity index (χ3n) is 6.64. The number of hydrogen-bond donors (Lipinski definition) is 1. The second kappa shape index (κ2) is 4.46. The summed E-state index contributed by atoms with van der Waals surface area (Å²) in [4.78, 5) is 0. The smallest absolute Gasteiger partial charge is 0.0700 e. The minimum absolute atomic E-state index is 0.495. The van der Waals surface area contributed by atoms with Crippen LogP contribution in [0.25, 0.3) is 0 Å². The highest BCUT2D eigenvalue weighted by Gasteiger charge is 2.59. The van der Waals surface area contributed by atoms with E-state index in [1.165, 1.54) is 57.9 Å². The van der Waals surface area contributed by atoms with Gasteiger partial charge in [0, 0.05) is 19.7 Å². The van der Waals surface area contributed by atoms with Gasteiger partial charge in [-0.3, -0.25) is 0 Å². The highest BCUT2D eigenvalue weighted by atomic mass is 16.5. The molecule has 1 saturated heterocycles. The molecule has 0 aromatic carbocycles. The summed E-state index contributed by atoms with van der Waals surface area (Å²) in [7, 11) is 0. The van der Waals surface area contributed by atoms with Crippen molar-refractivity contribution in [3.05, 3.63) is 0 Å². The zero-order valence-corrected chi connectivity index (χ0v) is 13.3. The van der Waals surface area contributed by atoms with E-state index in [4.69, 9.17) is 4.74 Å². The van der Waals surface area contributed by atoms with Gasteiger partial charge in [-0.1, -0.05) is 13.8 Å². The summed E-state index contributed by atoms with van der Waals surface area (Å²) in [6.45, 7) is 8.46. The first-order chi connectivity index (χ1) is 9.49. The first-order valence-electron chi connectivity index (χ1n) is 8.81. The highest BCUT2D eigenvalue weighted by Crippen LogP contribution is 2.69. The van der Waals surface area contributed by atoms with Gasteiger partial charge >= 0.3 is 0 Å². The maximum Gasteiger partial charge on any atom is 0.0700 e. The molecule has 5 rings (SSSR count). The first kappa shape index (κ1) is 13.6. The van der Waals surface area contributed by atoms with Crippen molar-refractivity contribution in [2.24, 2.45) is 22.2 Å². The minimum atomic E-state index is 0.495. The van der Waals surface area contributed by atoms with Gasteiger partial charge in [0.2, 0.25) is 0 Å². The Morgan fingerprint density at radius 1 is 1.05 bits per heavy atom. The Balaban J connectivity index is 1.41. The van der Waals surface area contributed by atoms with Crippen LogP contribution in [-0.2, 0) is 4.74 Å². The monoisotopic (exact) mass is 277 g/mol. The van der Waals surface area contributed by atoms with E-state index >= 15 is 0 Å². The van der Waals surface area contributed by atoms with Crippen LogP contribution in [-0.4, -0.2) is 25.8 Å². The molecule has 1 aliphatic heterocycles. The van der Waals surface area contributed by atoms with Gasteiger partial charge < -0.3 is 10.1 Å². The highest BCUT2D eigenvalue weighted by molar-refractivity contribution is 5.10. The second-order valence-electron chi connectivity index (χ2n) is 9.40. The van der Waals surface area contributed by atoms with Gasteiger partial charge in [0.25, 0.3) is 0 Å². The van der Waals surface area contributed by atoms with Crippen LogP contribution in [0.4, 0.5) is 0 Å². The lowest BCUT2D eigenvalue weighted by Gasteiger charge is -2.65. The molecule has 0 spiro atoms. The van der Waals surface area contributed by atoms with E-state index in [0.717, 1.165) is 19.1 Å². The molecular weight excluding hydrogens is 246 g/mol. The van der Waals surface area contributed by atoms with E-state index < -0.39 is 0 Å². The first-order valence-corrected chi connectivity index (χ1v) is 8.81. The van der Waals surface area contributed by atoms with Crippen LogP contribution in [0.2, 0.25) is 0 Å². The molecule has 5 aliphatic rings. The van der Waals surface area contributed by atoms with Crippen LogP contribution in [0.3, 0.4) is 0 Å². The van der Waals surface area contributed by atoms with E-state index in [1.54, 1.807) is 0 Å². The summed E-state index contributed by atoms with van der Waals surface area (Å²) in [5, 5.41) is 3.79. The van der Waals surface area contributed by atoms with Crippen LogP contribution in [0.1, 0.15) is 65.2 Å². The van der Waals surface area contributed by atoms with Crippen LogP contribution in [0.5, 0.6) is 0 Å². The summed E-state index contributed by atoms with van der Waals surface area (Å²) in [5.74, 6) is 1.02. The standard InChI is InChI=1S/C18H31NO/c1-16-6-14-7-17(2,10-16)12-18(8-14,11-16)13-19-9-15-4-3-5-20-15/h14-15,19H,3-13H2,1-2H3. The largest absolute Gasteiger partial charge is 0.377 e. The fourth-order valence-electron chi connectivity index (χ4n) is 7.19. The lowest BCUT2D eigenvalue weighted by atomic mass is 9.40. The molecular formula is C18H31NO. The van der Waals surface area contributed by atoms with Crippen molar-refractivity contribution < 1.29 is 4.74 Å². The molecule has 3 atom stereocenters. The number of nitrogens with one attached hydrogen (secondary N) is 1. The van der Waals surface area contributed by atoms with Gasteiger partial charge in [-0.15, -0.1) is 0 Å². The molecule has 2 nitrogen and oxygen atoms in total. The summed E-state index contributed by atoms with van der Waals surface area (Å²) >= 11 is 0. The number of rotatable bonds is 4. The third kappa shape index (κ3) is 2.33. The summed E-state index contributed by atoms with van der Waals surface area (Å²) in [5.41, 5.74) is 1.92. The maximum absolute atomic E-state index is 5.75. The van der Waals surface area contributed by atoms with Crippen molar-refractivity contribution in [3.63, 3.8) is 0 Å². The molecule has 1 N–H and O–H groups in total. The van der Waals surface area contributed by atoms with E-state index in [1.807, 2.05) is 0 Å². The quantitative estimate of drug-likeness (QED) is 0.845. The fraction of sp³-hybridized carbons (Fsp3) is 1.00. The Kier molecular flexibility index (Phi) is 3.03. The predicted octanol–water partition coefficient (Wildman–Crippen LogP) is 3.75. The van der Waals surface area contributed by atoms with Crippen molar-refractivity contribution in [1.29, 1.82) is 0 Å². The normalized spacial score (nSPS) is 53.7. The van der Waals surface area contributed by atoms with Crippen molar-refractivity contribution in [2.75, 3.05) is 19.7 Å². The lowest BCUT2D eigenvalue weighted by Crippen LogP contribution is -2.58. The Morgan fingerprint density at radius 2 is 1.80 bits per heavy atom. The average Bonchev–Trinajstić information content (AvgIpc) is 2.76. The van der Waals surface area contributed by atoms with Gasteiger partial charge in [-0.05, 0) is 73.5 Å². The topological polar surface area (TPSA) is 21.3 Å². The Morgan fingerprint density at radius 3 is 2.40 bits per heavy atom. The minimum Gasteiger partial charge on any atom is -0.377 e. The van der Waals surface area contributed by atoms with E-state index in [-0.39, 0.29) is 0 Å². The Bertz CT molecular complexity index is 369. The van der Waals surface area contributed by atoms with Crippen molar-refractivity contribution in [1.82, 2.24) is 5.32 Å². The molecule has 0 amide bonds. The molecule has 4 aliphatic carbocycles. The molecule has 0 aromatic heterocycles. The lowest BCUT2D eigenvalue weighted by molar-refractivity contribution is -0.143. The van der Waals surface area contributed by atoms with Crippen LogP contribution in [0.15, 0.2) is 0 Å². The Labute approximate surface area is 124 Å². The van der Waals surface area contributed by atoms with E-state index in [2.05, 4.69) is 19.2 Å². The maximum atomic E-state index is 5.75. The van der Waals surface area contributed by atoms with Crippen molar-refractivity contribution in [2.45, 2.75) is 71.3 Å². The van der Waals surface area contributed by atoms with Crippen LogP contribution < -0.4 is 5.32 Å². The number of ether oxygens (including phenoxy) is 1. The summed E-state index contributed by atoms with van der Waals surface area (Å²) in [6, 6.07) is 0. The van der Waals surface area contributed by atoms with E-state index in [0.29, 0.717) is 22.3 Å². The Hall–Kier alpha value is -0.0800. The van der Waals surface area contributed by atoms with E-state index in [9.17, 15) is 0 Å². The molecule has 0 radical (unpaired) electrons. The molecule has 20 heavy (non-hydrogen) atoms. The second-order valence-corrected chi connectivity index (χ2v) is 9.40. The summed E-state index contributed by atoms with van der Waals surface area (Å²) in [6.07, 6.45) is 12.0. The predicted molar refractivity (Wildman–Crippen MR) is 81.7 cm³/mol. The van der Waals surface area contributed by atoms with Gasteiger partial charge in [0.15, 0.2) is 0 Å². The van der Waals surface area contributed by atoms with Gasteiger partial charge in [0.05, 0.1) is 6.10 Å². The summed E-state index contributed by atoms with van der Waals surface area (Å²) < 4.78 is 5.75. The van der Waals surface area contributed by atoms with Gasteiger partial charge in [-0.2, -0.15) is 0 Å². The van der Waals surface area contributed by atoms with Crippen LogP contribution >= 0.6 is 0 Å². The van der Waals surface area contributed by atoms with Gasteiger partial charge in [0.1, 0.15) is 0 Å². The van der Waals surface area contributed by atoms with Gasteiger partial charge in [-0.25, -0.2) is 0 Å². The SMILES string of the molecule is CC12CC3CC(C)(C1)CC(CNCC1CCCO1)(C3)C2. The van der Waals surface area contributed by atoms with Crippen molar-refractivity contribution >= 4 is 0 Å².